The number of hydrogen-bond donors (Lipinski definition) is 1. The van der Waals surface area contributed by atoms with Crippen LogP contribution < -0.4 is 5.32 Å². The molecule has 3 nitrogen and oxygen atoms in total. The van der Waals surface area contributed by atoms with Crippen molar-refractivity contribution >= 4 is 18.3 Å². The van der Waals surface area contributed by atoms with Gasteiger partial charge in [-0.25, -0.2) is 4.39 Å². The lowest BCUT2D eigenvalue weighted by atomic mass is 9.94. The Kier molecular flexibility index (Phi) is 5.37. The van der Waals surface area contributed by atoms with E-state index in [1.54, 1.807) is 4.90 Å². The Morgan fingerprint density at radius 2 is 1.93 bits per heavy atom. The van der Waals surface area contributed by atoms with Gasteiger partial charge >= 0.3 is 0 Å². The van der Waals surface area contributed by atoms with E-state index < -0.39 is 5.67 Å². The third kappa shape index (κ3) is 3.10. The smallest absolute Gasteiger partial charge is 0.225 e. The van der Waals surface area contributed by atoms with Crippen molar-refractivity contribution in [2.24, 2.45) is 0 Å². The van der Waals surface area contributed by atoms with Gasteiger partial charge in [-0.3, -0.25) is 4.79 Å². The maximum absolute atomic E-state index is 13.5. The van der Waals surface area contributed by atoms with Gasteiger partial charge in [-0.1, -0.05) is 0 Å². The van der Waals surface area contributed by atoms with E-state index >= 15 is 0 Å². The van der Waals surface area contributed by atoms with Gasteiger partial charge in [-0.2, -0.15) is 0 Å². The van der Waals surface area contributed by atoms with Crippen LogP contribution in [0, 0.1) is 0 Å². The molecule has 1 saturated heterocycles. The van der Waals surface area contributed by atoms with Gasteiger partial charge in [-0.05, 0) is 13.8 Å². The van der Waals surface area contributed by atoms with Crippen molar-refractivity contribution in [3.05, 3.63) is 0 Å². The number of amides is 1. The highest BCUT2D eigenvalue weighted by Crippen LogP contribution is 2.21. The van der Waals surface area contributed by atoms with Gasteiger partial charge in [0.2, 0.25) is 5.91 Å². The first-order chi connectivity index (χ1) is 6.11. The summed E-state index contributed by atoms with van der Waals surface area (Å²) < 4.78 is 13.5. The quantitative estimate of drug-likeness (QED) is 0.772. The Morgan fingerprint density at radius 3 is 2.21 bits per heavy atom. The lowest BCUT2D eigenvalue weighted by molar-refractivity contribution is -0.134. The Balaban J connectivity index is 0.00000169. The summed E-state index contributed by atoms with van der Waals surface area (Å²) in [6.45, 7) is 5.79. The normalized spacial score (nSPS) is 17.9. The SMILES string of the molecule is CCN(CC)C(=O)CC1(F)CNC1.Cl. The number of nitrogens with zero attached hydrogens (tertiary/aromatic N) is 1. The molecule has 0 aliphatic carbocycles. The number of nitrogens with one attached hydrogen (secondary N) is 1. The zero-order valence-corrected chi connectivity index (χ0v) is 9.49. The number of hydrogen-bond acceptors (Lipinski definition) is 2. The highest BCUT2D eigenvalue weighted by Gasteiger charge is 2.39. The molecule has 0 spiro atoms. The van der Waals surface area contributed by atoms with Crippen molar-refractivity contribution in [3.8, 4) is 0 Å². The molecule has 84 valence electrons. The van der Waals surface area contributed by atoms with Crippen LogP contribution in [0.3, 0.4) is 0 Å². The van der Waals surface area contributed by atoms with E-state index in [1.807, 2.05) is 13.8 Å². The predicted molar refractivity (Wildman–Crippen MR) is 56.5 cm³/mol. The van der Waals surface area contributed by atoms with Crippen LogP contribution in [0.5, 0.6) is 0 Å². The molecule has 0 aromatic heterocycles. The molecule has 0 atom stereocenters. The maximum Gasteiger partial charge on any atom is 0.225 e. The van der Waals surface area contributed by atoms with Gasteiger partial charge in [0.05, 0.1) is 6.42 Å². The highest BCUT2D eigenvalue weighted by molar-refractivity contribution is 5.85. The van der Waals surface area contributed by atoms with E-state index in [1.165, 1.54) is 0 Å². The summed E-state index contributed by atoms with van der Waals surface area (Å²) in [7, 11) is 0. The maximum atomic E-state index is 13.5. The lowest BCUT2D eigenvalue weighted by Gasteiger charge is -2.35. The second-order valence-electron chi connectivity index (χ2n) is 3.50. The van der Waals surface area contributed by atoms with Gasteiger partial charge in [0.25, 0.3) is 0 Å². The van der Waals surface area contributed by atoms with E-state index in [9.17, 15) is 9.18 Å². The fourth-order valence-corrected chi connectivity index (χ4v) is 1.48. The van der Waals surface area contributed by atoms with Crippen LogP contribution in [0.4, 0.5) is 4.39 Å². The minimum Gasteiger partial charge on any atom is -0.343 e. The second kappa shape index (κ2) is 5.51. The number of carbonyl (C=O) groups is 1. The first-order valence-electron chi connectivity index (χ1n) is 4.78. The molecule has 0 unspecified atom stereocenters. The van der Waals surface area contributed by atoms with E-state index in [-0.39, 0.29) is 24.7 Å². The summed E-state index contributed by atoms with van der Waals surface area (Å²) in [5, 5.41) is 2.84. The third-order valence-corrected chi connectivity index (χ3v) is 2.47. The molecule has 1 rings (SSSR count). The predicted octanol–water partition coefficient (Wildman–Crippen LogP) is 0.978. The topological polar surface area (TPSA) is 32.3 Å². The molecule has 0 saturated carbocycles. The van der Waals surface area contributed by atoms with Gasteiger partial charge in [0.15, 0.2) is 0 Å². The first-order valence-corrected chi connectivity index (χ1v) is 4.78. The van der Waals surface area contributed by atoms with Crippen molar-refractivity contribution < 1.29 is 9.18 Å². The molecular formula is C9H18ClFN2O. The molecule has 1 N–H and O–H groups in total. The number of halogens is 2. The third-order valence-electron chi connectivity index (χ3n) is 2.47. The van der Waals surface area contributed by atoms with Crippen LogP contribution in [0.1, 0.15) is 20.3 Å². The number of alkyl halides is 1. The van der Waals surface area contributed by atoms with Gasteiger partial charge in [0.1, 0.15) is 5.67 Å². The standard InChI is InChI=1S/C9H17FN2O.ClH/c1-3-12(4-2)8(13)5-9(10)6-11-7-9;/h11H,3-7H2,1-2H3;1H. The Hall–Kier alpha value is -0.350. The fraction of sp³-hybridized carbons (Fsp3) is 0.889. The summed E-state index contributed by atoms with van der Waals surface area (Å²) in [6.07, 6.45) is 0.0294. The van der Waals surface area contributed by atoms with Crippen LogP contribution in [0.15, 0.2) is 0 Å². The van der Waals surface area contributed by atoms with Crippen molar-refractivity contribution in [1.29, 1.82) is 0 Å². The molecule has 14 heavy (non-hydrogen) atoms. The van der Waals surface area contributed by atoms with Gasteiger partial charge in [0, 0.05) is 26.2 Å². The van der Waals surface area contributed by atoms with Gasteiger partial charge < -0.3 is 10.2 Å². The monoisotopic (exact) mass is 224 g/mol. The van der Waals surface area contributed by atoms with Crippen molar-refractivity contribution in [3.63, 3.8) is 0 Å². The van der Waals surface area contributed by atoms with Crippen molar-refractivity contribution in [2.75, 3.05) is 26.2 Å². The molecule has 0 aromatic carbocycles. The number of rotatable bonds is 4. The highest BCUT2D eigenvalue weighted by atomic mass is 35.5. The lowest BCUT2D eigenvalue weighted by Crippen LogP contribution is -2.58. The van der Waals surface area contributed by atoms with Crippen LogP contribution in [0.25, 0.3) is 0 Å². The van der Waals surface area contributed by atoms with E-state index in [4.69, 9.17) is 0 Å². The van der Waals surface area contributed by atoms with Crippen molar-refractivity contribution in [1.82, 2.24) is 10.2 Å². The second-order valence-corrected chi connectivity index (χ2v) is 3.50. The molecule has 0 radical (unpaired) electrons. The zero-order valence-electron chi connectivity index (χ0n) is 8.68. The van der Waals surface area contributed by atoms with E-state index in [0.29, 0.717) is 26.2 Å². The minimum absolute atomic E-state index is 0. The van der Waals surface area contributed by atoms with E-state index in [0.717, 1.165) is 0 Å². The van der Waals surface area contributed by atoms with Crippen LogP contribution in [-0.4, -0.2) is 42.7 Å². The fourth-order valence-electron chi connectivity index (χ4n) is 1.48. The summed E-state index contributed by atoms with van der Waals surface area (Å²) in [5.74, 6) is -0.0750. The summed E-state index contributed by atoms with van der Waals surface area (Å²) in [6, 6.07) is 0. The van der Waals surface area contributed by atoms with Crippen molar-refractivity contribution in [2.45, 2.75) is 25.9 Å². The molecule has 0 aromatic rings. The molecule has 1 fully saturated rings. The Labute approximate surface area is 90.4 Å². The number of carbonyl (C=O) groups excluding carboxylic acids is 1. The molecule has 1 aliphatic rings. The summed E-state index contributed by atoms with van der Waals surface area (Å²) in [5.41, 5.74) is -1.28. The molecular weight excluding hydrogens is 207 g/mol. The van der Waals surface area contributed by atoms with Crippen LogP contribution in [-0.2, 0) is 4.79 Å². The molecule has 1 amide bonds. The Morgan fingerprint density at radius 1 is 1.43 bits per heavy atom. The Bertz CT molecular complexity index is 193. The summed E-state index contributed by atoms with van der Waals surface area (Å²) in [4.78, 5) is 13.1. The largest absolute Gasteiger partial charge is 0.343 e. The molecule has 1 aliphatic heterocycles. The first kappa shape index (κ1) is 13.7. The van der Waals surface area contributed by atoms with Gasteiger partial charge in [-0.15, -0.1) is 12.4 Å². The molecule has 5 heteroatoms. The van der Waals surface area contributed by atoms with Crippen LogP contribution >= 0.6 is 12.4 Å². The molecule has 1 heterocycles. The molecule has 0 bridgehead atoms. The van der Waals surface area contributed by atoms with E-state index in [2.05, 4.69) is 5.32 Å². The summed E-state index contributed by atoms with van der Waals surface area (Å²) >= 11 is 0. The average Bonchev–Trinajstić information content (AvgIpc) is 2.04. The average molecular weight is 225 g/mol. The van der Waals surface area contributed by atoms with Crippen LogP contribution in [0.2, 0.25) is 0 Å². The minimum atomic E-state index is -1.28. The zero-order chi connectivity index (χ0) is 9.90.